The average Bonchev–Trinajstić information content (AvgIpc) is 3.55. The lowest BCUT2D eigenvalue weighted by Gasteiger charge is -2.34. The number of hydrogen-bond donors (Lipinski definition) is 2. The number of hydrogen-bond acceptors (Lipinski definition) is 4. The standard InChI is InChI=1S/C22H37N5O.HI/c1-23-22(24-10-5-17-28-19-21-8-9-21)25-11-12-26-13-15-27(16-14-26)18-20-6-3-2-4-7-20;/h2-4,6-7,21H,5,8-19H2,1H3,(H2,23,24,25);1H. The molecule has 3 rings (SSSR count). The Morgan fingerprint density at radius 3 is 2.41 bits per heavy atom. The van der Waals surface area contributed by atoms with E-state index >= 15 is 0 Å². The van der Waals surface area contributed by atoms with Gasteiger partial charge >= 0.3 is 0 Å². The van der Waals surface area contributed by atoms with Crippen molar-refractivity contribution >= 4 is 29.9 Å². The Labute approximate surface area is 193 Å². The molecule has 0 unspecified atom stereocenters. The molecule has 164 valence electrons. The van der Waals surface area contributed by atoms with Crippen molar-refractivity contribution in [1.82, 2.24) is 20.4 Å². The highest BCUT2D eigenvalue weighted by atomic mass is 127. The van der Waals surface area contributed by atoms with Crippen molar-refractivity contribution in [2.75, 3.05) is 66.1 Å². The summed E-state index contributed by atoms with van der Waals surface area (Å²) in [5.41, 5.74) is 1.41. The molecule has 2 N–H and O–H groups in total. The number of piperazine rings is 1. The summed E-state index contributed by atoms with van der Waals surface area (Å²) in [7, 11) is 1.83. The fourth-order valence-electron chi connectivity index (χ4n) is 3.48. The maximum Gasteiger partial charge on any atom is 0.191 e. The first-order valence-corrected chi connectivity index (χ1v) is 10.8. The Morgan fingerprint density at radius 2 is 1.72 bits per heavy atom. The van der Waals surface area contributed by atoms with E-state index in [1.807, 2.05) is 7.05 Å². The second-order valence-corrected chi connectivity index (χ2v) is 7.90. The smallest absolute Gasteiger partial charge is 0.191 e. The third kappa shape index (κ3) is 10.1. The minimum absolute atomic E-state index is 0. The molecule has 7 heteroatoms. The molecule has 2 fully saturated rings. The first kappa shape index (κ1) is 24.4. The molecule has 1 heterocycles. The summed E-state index contributed by atoms with van der Waals surface area (Å²) < 4.78 is 5.67. The Morgan fingerprint density at radius 1 is 1.03 bits per heavy atom. The van der Waals surface area contributed by atoms with Crippen LogP contribution in [0.15, 0.2) is 35.3 Å². The van der Waals surface area contributed by atoms with Crippen molar-refractivity contribution < 1.29 is 4.74 Å². The molecule has 1 aliphatic carbocycles. The van der Waals surface area contributed by atoms with Gasteiger partial charge in [-0.1, -0.05) is 30.3 Å². The Hall–Kier alpha value is -0.900. The quantitative estimate of drug-likeness (QED) is 0.205. The summed E-state index contributed by atoms with van der Waals surface area (Å²) in [5, 5.41) is 6.81. The van der Waals surface area contributed by atoms with Crippen LogP contribution in [0.1, 0.15) is 24.8 Å². The van der Waals surface area contributed by atoms with Crippen molar-refractivity contribution in [2.24, 2.45) is 10.9 Å². The van der Waals surface area contributed by atoms with Gasteiger partial charge in [0.05, 0.1) is 0 Å². The average molecular weight is 515 g/mol. The number of rotatable bonds is 11. The SMILES string of the molecule is CN=C(NCCCOCC1CC1)NCCN1CCN(Cc2ccccc2)CC1.I. The van der Waals surface area contributed by atoms with E-state index in [2.05, 4.69) is 55.8 Å². The zero-order valence-electron chi connectivity index (χ0n) is 17.8. The van der Waals surface area contributed by atoms with Crippen molar-refractivity contribution in [2.45, 2.75) is 25.8 Å². The summed E-state index contributed by atoms with van der Waals surface area (Å²) in [6, 6.07) is 10.8. The normalized spacial score (nSPS) is 18.3. The minimum atomic E-state index is 0. The van der Waals surface area contributed by atoms with E-state index in [0.29, 0.717) is 0 Å². The van der Waals surface area contributed by atoms with Crippen LogP contribution in [0, 0.1) is 5.92 Å². The molecular formula is C22H38IN5O. The number of ether oxygens (including phenoxy) is 1. The van der Waals surface area contributed by atoms with Crippen LogP contribution in [0.25, 0.3) is 0 Å². The summed E-state index contributed by atoms with van der Waals surface area (Å²) >= 11 is 0. The molecule has 1 saturated heterocycles. The molecule has 0 spiro atoms. The number of nitrogens with zero attached hydrogens (tertiary/aromatic N) is 3. The zero-order chi connectivity index (χ0) is 19.4. The van der Waals surface area contributed by atoms with Gasteiger partial charge in [-0.05, 0) is 30.7 Å². The maximum absolute atomic E-state index is 5.67. The first-order valence-electron chi connectivity index (χ1n) is 10.8. The Bertz CT molecular complexity index is 574. The number of benzene rings is 1. The van der Waals surface area contributed by atoms with E-state index in [-0.39, 0.29) is 24.0 Å². The van der Waals surface area contributed by atoms with Crippen LogP contribution in [-0.2, 0) is 11.3 Å². The highest BCUT2D eigenvalue weighted by Gasteiger charge is 2.20. The zero-order valence-corrected chi connectivity index (χ0v) is 20.1. The van der Waals surface area contributed by atoms with E-state index in [9.17, 15) is 0 Å². The molecule has 1 aromatic carbocycles. The fourth-order valence-corrected chi connectivity index (χ4v) is 3.48. The summed E-state index contributed by atoms with van der Waals surface area (Å²) in [6.45, 7) is 10.3. The summed E-state index contributed by atoms with van der Waals surface area (Å²) in [4.78, 5) is 9.39. The lowest BCUT2D eigenvalue weighted by Crippen LogP contribution is -2.49. The van der Waals surface area contributed by atoms with E-state index in [1.165, 1.54) is 18.4 Å². The van der Waals surface area contributed by atoms with Crippen LogP contribution in [0.5, 0.6) is 0 Å². The van der Waals surface area contributed by atoms with Crippen molar-refractivity contribution in [1.29, 1.82) is 0 Å². The van der Waals surface area contributed by atoms with Gasteiger partial charge in [0.1, 0.15) is 0 Å². The van der Waals surface area contributed by atoms with Crippen LogP contribution in [0.3, 0.4) is 0 Å². The van der Waals surface area contributed by atoms with E-state index in [1.54, 1.807) is 0 Å². The van der Waals surface area contributed by atoms with Crippen LogP contribution < -0.4 is 10.6 Å². The first-order chi connectivity index (χ1) is 13.8. The van der Waals surface area contributed by atoms with Gasteiger partial charge in [-0.25, -0.2) is 0 Å². The van der Waals surface area contributed by atoms with E-state index in [4.69, 9.17) is 4.74 Å². The van der Waals surface area contributed by atoms with E-state index in [0.717, 1.165) is 83.9 Å². The molecule has 6 nitrogen and oxygen atoms in total. The Balaban J connectivity index is 0.00000300. The van der Waals surface area contributed by atoms with Gasteiger partial charge < -0.3 is 15.4 Å². The van der Waals surface area contributed by atoms with Gasteiger partial charge in [-0.2, -0.15) is 0 Å². The van der Waals surface area contributed by atoms with Gasteiger partial charge in [-0.3, -0.25) is 14.8 Å². The molecule has 0 amide bonds. The molecule has 0 bridgehead atoms. The molecule has 29 heavy (non-hydrogen) atoms. The lowest BCUT2D eigenvalue weighted by atomic mass is 10.2. The Kier molecular flexibility index (Phi) is 11.9. The van der Waals surface area contributed by atoms with Crippen molar-refractivity contribution in [3.8, 4) is 0 Å². The molecule has 0 radical (unpaired) electrons. The van der Waals surface area contributed by atoms with Gasteiger partial charge in [-0.15, -0.1) is 24.0 Å². The van der Waals surface area contributed by atoms with Gasteiger partial charge in [0.15, 0.2) is 5.96 Å². The largest absolute Gasteiger partial charge is 0.381 e. The van der Waals surface area contributed by atoms with Gasteiger partial charge in [0.25, 0.3) is 0 Å². The lowest BCUT2D eigenvalue weighted by molar-refractivity contribution is 0.123. The monoisotopic (exact) mass is 515 g/mol. The number of halogens is 1. The van der Waals surface area contributed by atoms with Gasteiger partial charge in [0, 0.05) is 72.6 Å². The highest BCUT2D eigenvalue weighted by molar-refractivity contribution is 14.0. The van der Waals surface area contributed by atoms with Crippen LogP contribution in [-0.4, -0.2) is 81.8 Å². The van der Waals surface area contributed by atoms with Crippen LogP contribution in [0.2, 0.25) is 0 Å². The molecular weight excluding hydrogens is 477 g/mol. The highest BCUT2D eigenvalue weighted by Crippen LogP contribution is 2.28. The number of nitrogens with one attached hydrogen (secondary N) is 2. The summed E-state index contributed by atoms with van der Waals surface area (Å²) in [6.07, 6.45) is 3.74. The molecule has 1 aliphatic heterocycles. The fraction of sp³-hybridized carbons (Fsp3) is 0.682. The second-order valence-electron chi connectivity index (χ2n) is 7.90. The second kappa shape index (κ2) is 14.2. The van der Waals surface area contributed by atoms with E-state index < -0.39 is 0 Å². The maximum atomic E-state index is 5.67. The number of aliphatic imine (C=N–C) groups is 1. The predicted octanol–water partition coefficient (Wildman–Crippen LogP) is 2.40. The third-order valence-electron chi connectivity index (χ3n) is 5.47. The number of guanidine groups is 1. The molecule has 1 aromatic rings. The third-order valence-corrected chi connectivity index (χ3v) is 5.47. The van der Waals surface area contributed by atoms with Crippen LogP contribution >= 0.6 is 24.0 Å². The van der Waals surface area contributed by atoms with Crippen LogP contribution in [0.4, 0.5) is 0 Å². The van der Waals surface area contributed by atoms with Crippen molar-refractivity contribution in [3.05, 3.63) is 35.9 Å². The van der Waals surface area contributed by atoms with Gasteiger partial charge in [0.2, 0.25) is 0 Å². The molecule has 1 saturated carbocycles. The topological polar surface area (TPSA) is 52.1 Å². The molecule has 0 aromatic heterocycles. The molecule has 2 aliphatic rings. The predicted molar refractivity (Wildman–Crippen MR) is 131 cm³/mol. The minimum Gasteiger partial charge on any atom is -0.381 e. The molecule has 0 atom stereocenters. The summed E-state index contributed by atoms with van der Waals surface area (Å²) in [5.74, 6) is 1.74. The van der Waals surface area contributed by atoms with Crippen molar-refractivity contribution in [3.63, 3.8) is 0 Å².